The van der Waals surface area contributed by atoms with E-state index >= 15 is 0 Å². The highest BCUT2D eigenvalue weighted by Crippen LogP contribution is 2.24. The number of benzene rings is 1. The zero-order valence-electron chi connectivity index (χ0n) is 8.43. The number of halogens is 2. The summed E-state index contributed by atoms with van der Waals surface area (Å²) in [6.07, 6.45) is 0.389. The minimum Gasteiger partial charge on any atom is -0.426 e. The van der Waals surface area contributed by atoms with Crippen LogP contribution in [-0.2, 0) is 15.5 Å². The summed E-state index contributed by atoms with van der Waals surface area (Å²) < 4.78 is 5.24. The lowest BCUT2D eigenvalue weighted by Crippen LogP contribution is -2.07. The van der Waals surface area contributed by atoms with Crippen LogP contribution in [0.15, 0.2) is 18.2 Å². The lowest BCUT2D eigenvalue weighted by molar-refractivity contribution is -0.134. The second kappa shape index (κ2) is 6.28. The Hall–Kier alpha value is -0.350. The molecule has 2 nitrogen and oxygen atoms in total. The van der Waals surface area contributed by atoms with E-state index in [9.17, 15) is 4.79 Å². The standard InChI is InChI=1S/C11H12Br2O2/c1-2-11(14)15-10-5-8(6-12)3-4-9(10)7-13/h3-5H,2,6-7H2,1H3. The fourth-order valence-electron chi connectivity index (χ4n) is 1.08. The summed E-state index contributed by atoms with van der Waals surface area (Å²) in [6.45, 7) is 1.78. The van der Waals surface area contributed by atoms with Crippen molar-refractivity contribution in [1.82, 2.24) is 0 Å². The number of esters is 1. The Kier molecular flexibility index (Phi) is 5.32. The van der Waals surface area contributed by atoms with Crippen molar-refractivity contribution in [3.8, 4) is 5.75 Å². The Morgan fingerprint density at radius 3 is 2.60 bits per heavy atom. The van der Waals surface area contributed by atoms with Crippen LogP contribution in [0.3, 0.4) is 0 Å². The normalized spacial score (nSPS) is 10.1. The van der Waals surface area contributed by atoms with E-state index in [-0.39, 0.29) is 5.97 Å². The third kappa shape index (κ3) is 3.61. The maximum Gasteiger partial charge on any atom is 0.310 e. The summed E-state index contributed by atoms with van der Waals surface area (Å²) in [5.41, 5.74) is 2.08. The fourth-order valence-corrected chi connectivity index (χ4v) is 1.89. The van der Waals surface area contributed by atoms with Crippen LogP contribution in [0.1, 0.15) is 24.5 Å². The van der Waals surface area contributed by atoms with E-state index in [0.717, 1.165) is 16.5 Å². The maximum absolute atomic E-state index is 11.2. The van der Waals surface area contributed by atoms with Crippen LogP contribution in [0, 0.1) is 0 Å². The summed E-state index contributed by atoms with van der Waals surface area (Å²) in [4.78, 5) is 11.2. The van der Waals surface area contributed by atoms with Gasteiger partial charge in [0.05, 0.1) is 0 Å². The second-order valence-electron chi connectivity index (χ2n) is 3.04. The molecule has 0 heterocycles. The van der Waals surface area contributed by atoms with E-state index in [1.165, 1.54) is 0 Å². The molecule has 0 unspecified atom stereocenters. The Balaban J connectivity index is 2.95. The minimum atomic E-state index is -0.205. The van der Waals surface area contributed by atoms with Crippen molar-refractivity contribution in [2.24, 2.45) is 0 Å². The Morgan fingerprint density at radius 1 is 1.33 bits per heavy atom. The minimum absolute atomic E-state index is 0.205. The molecule has 15 heavy (non-hydrogen) atoms. The molecule has 82 valence electrons. The van der Waals surface area contributed by atoms with Gasteiger partial charge in [0.25, 0.3) is 0 Å². The molecule has 0 fully saturated rings. The molecular weight excluding hydrogens is 324 g/mol. The molecule has 0 saturated carbocycles. The highest BCUT2D eigenvalue weighted by atomic mass is 79.9. The number of hydrogen-bond acceptors (Lipinski definition) is 2. The van der Waals surface area contributed by atoms with Crippen molar-refractivity contribution < 1.29 is 9.53 Å². The predicted octanol–water partition coefficient (Wildman–Crippen LogP) is 3.79. The summed E-state index contributed by atoms with van der Waals surface area (Å²) in [5.74, 6) is 0.444. The highest BCUT2D eigenvalue weighted by molar-refractivity contribution is 9.08. The summed E-state index contributed by atoms with van der Waals surface area (Å²) in [5, 5.41) is 1.44. The molecule has 0 aliphatic carbocycles. The van der Waals surface area contributed by atoms with Crippen molar-refractivity contribution in [1.29, 1.82) is 0 Å². The molecule has 0 N–H and O–H groups in total. The summed E-state index contributed by atoms with van der Waals surface area (Å²) in [6, 6.07) is 5.86. The van der Waals surface area contributed by atoms with Gasteiger partial charge in [-0.1, -0.05) is 50.9 Å². The van der Waals surface area contributed by atoms with Crippen LogP contribution in [-0.4, -0.2) is 5.97 Å². The molecule has 1 rings (SSSR count). The summed E-state index contributed by atoms with van der Waals surface area (Å²) >= 11 is 6.73. The van der Waals surface area contributed by atoms with Crippen molar-refractivity contribution in [3.05, 3.63) is 29.3 Å². The maximum atomic E-state index is 11.2. The first-order chi connectivity index (χ1) is 7.21. The van der Waals surface area contributed by atoms with Gasteiger partial charge in [0.15, 0.2) is 0 Å². The van der Waals surface area contributed by atoms with E-state index in [1.54, 1.807) is 6.92 Å². The van der Waals surface area contributed by atoms with Crippen LogP contribution >= 0.6 is 31.9 Å². The fraction of sp³-hybridized carbons (Fsp3) is 0.364. The van der Waals surface area contributed by atoms with Crippen LogP contribution in [0.2, 0.25) is 0 Å². The van der Waals surface area contributed by atoms with Crippen molar-refractivity contribution in [2.75, 3.05) is 0 Å². The lowest BCUT2D eigenvalue weighted by Gasteiger charge is -2.08. The molecule has 0 aromatic heterocycles. The molecule has 0 saturated heterocycles. The monoisotopic (exact) mass is 334 g/mol. The summed E-state index contributed by atoms with van der Waals surface area (Å²) in [7, 11) is 0. The van der Waals surface area contributed by atoms with Gasteiger partial charge in [-0.3, -0.25) is 4.79 Å². The SMILES string of the molecule is CCC(=O)Oc1cc(CBr)ccc1CBr. The average Bonchev–Trinajstić information content (AvgIpc) is 2.28. The van der Waals surface area contributed by atoms with E-state index in [1.807, 2.05) is 18.2 Å². The zero-order valence-corrected chi connectivity index (χ0v) is 11.6. The smallest absolute Gasteiger partial charge is 0.310 e. The zero-order chi connectivity index (χ0) is 11.3. The van der Waals surface area contributed by atoms with Crippen molar-refractivity contribution in [3.63, 3.8) is 0 Å². The largest absolute Gasteiger partial charge is 0.426 e. The quantitative estimate of drug-likeness (QED) is 0.475. The molecule has 0 spiro atoms. The Morgan fingerprint density at radius 2 is 2.07 bits per heavy atom. The first-order valence-electron chi connectivity index (χ1n) is 4.65. The molecule has 1 aromatic carbocycles. The first kappa shape index (κ1) is 12.7. The van der Waals surface area contributed by atoms with Gasteiger partial charge in [0.1, 0.15) is 5.75 Å². The van der Waals surface area contributed by atoms with E-state index < -0.39 is 0 Å². The van der Waals surface area contributed by atoms with Crippen LogP contribution in [0.5, 0.6) is 5.75 Å². The molecule has 4 heteroatoms. The predicted molar refractivity (Wildman–Crippen MR) is 67.6 cm³/mol. The van der Waals surface area contributed by atoms with Gasteiger partial charge in [0.2, 0.25) is 0 Å². The van der Waals surface area contributed by atoms with Crippen LogP contribution in [0.25, 0.3) is 0 Å². The second-order valence-corrected chi connectivity index (χ2v) is 4.16. The molecule has 0 bridgehead atoms. The molecule has 0 radical (unpaired) electrons. The highest BCUT2D eigenvalue weighted by Gasteiger charge is 2.07. The van der Waals surface area contributed by atoms with Crippen molar-refractivity contribution in [2.45, 2.75) is 24.0 Å². The molecule has 0 amide bonds. The number of rotatable bonds is 4. The number of hydrogen-bond donors (Lipinski definition) is 0. The molecular formula is C11H12Br2O2. The molecule has 0 aliphatic heterocycles. The third-order valence-corrected chi connectivity index (χ3v) is 3.19. The van der Waals surface area contributed by atoms with E-state index in [4.69, 9.17) is 4.74 Å². The van der Waals surface area contributed by atoms with Crippen molar-refractivity contribution >= 4 is 37.8 Å². The average molecular weight is 336 g/mol. The molecule has 0 aliphatic rings. The van der Waals surface area contributed by atoms with Crippen LogP contribution < -0.4 is 4.74 Å². The molecule has 1 aromatic rings. The van der Waals surface area contributed by atoms with Gasteiger partial charge in [-0.25, -0.2) is 0 Å². The van der Waals surface area contributed by atoms with E-state index in [2.05, 4.69) is 31.9 Å². The van der Waals surface area contributed by atoms with Gasteiger partial charge in [-0.05, 0) is 11.6 Å². The molecule has 0 atom stereocenters. The van der Waals surface area contributed by atoms with E-state index in [0.29, 0.717) is 17.5 Å². The Bertz CT molecular complexity index is 350. The van der Waals surface area contributed by atoms with Gasteiger partial charge >= 0.3 is 5.97 Å². The van der Waals surface area contributed by atoms with Gasteiger partial charge < -0.3 is 4.74 Å². The van der Waals surface area contributed by atoms with Gasteiger partial charge in [-0.15, -0.1) is 0 Å². The Labute approximate surface area is 106 Å². The van der Waals surface area contributed by atoms with Gasteiger partial charge in [0, 0.05) is 22.6 Å². The first-order valence-corrected chi connectivity index (χ1v) is 6.90. The third-order valence-electron chi connectivity index (χ3n) is 1.94. The number of carbonyl (C=O) groups excluding carboxylic acids is 1. The van der Waals surface area contributed by atoms with Gasteiger partial charge in [-0.2, -0.15) is 0 Å². The number of alkyl halides is 2. The topological polar surface area (TPSA) is 26.3 Å². The lowest BCUT2D eigenvalue weighted by atomic mass is 10.1. The number of carbonyl (C=O) groups is 1. The van der Waals surface area contributed by atoms with Crippen LogP contribution in [0.4, 0.5) is 0 Å². The number of ether oxygens (including phenoxy) is 1.